The smallest absolute Gasteiger partial charge is 0.329 e. The lowest BCUT2D eigenvalue weighted by atomic mass is 10.2. The van der Waals surface area contributed by atoms with Crippen LogP contribution in [0.2, 0.25) is 0 Å². The van der Waals surface area contributed by atoms with Gasteiger partial charge in [0.15, 0.2) is 11.2 Å². The number of aliphatic hydroxyl groups excluding tert-OH is 1. The van der Waals surface area contributed by atoms with Crippen LogP contribution in [0.5, 0.6) is 5.75 Å². The van der Waals surface area contributed by atoms with Crippen molar-refractivity contribution in [3.63, 3.8) is 0 Å². The van der Waals surface area contributed by atoms with Crippen LogP contribution in [0.3, 0.4) is 0 Å². The van der Waals surface area contributed by atoms with Crippen molar-refractivity contribution < 1.29 is 9.84 Å². The lowest BCUT2D eigenvalue weighted by Gasteiger charge is -2.35. The molecule has 1 atom stereocenters. The number of aliphatic hydroxyl groups is 1. The molecule has 32 heavy (non-hydrogen) atoms. The molecule has 0 amide bonds. The van der Waals surface area contributed by atoms with Gasteiger partial charge >= 0.3 is 5.69 Å². The molecule has 0 bridgehead atoms. The molecule has 3 aromatic rings. The largest absolute Gasteiger partial charge is 0.491 e. The number of imidazole rings is 1. The summed E-state index contributed by atoms with van der Waals surface area (Å²) in [5, 5.41) is 10.7. The number of rotatable bonds is 7. The van der Waals surface area contributed by atoms with Gasteiger partial charge in [0.05, 0.1) is 6.54 Å². The van der Waals surface area contributed by atoms with E-state index in [-0.39, 0.29) is 18.7 Å². The molecule has 1 fully saturated rings. The zero-order chi connectivity index (χ0) is 22.8. The van der Waals surface area contributed by atoms with E-state index < -0.39 is 17.4 Å². The van der Waals surface area contributed by atoms with Crippen LogP contribution < -0.4 is 20.9 Å². The third-order valence-electron chi connectivity index (χ3n) is 5.91. The number of anilines is 1. The standard InChI is InChI=1S/C22H30N6O4/c1-4-26-8-10-27(11-9-26)21-23-19-18(20(30)24-22(31)25(19)3)28(21)13-16(29)14-32-17-7-5-6-15(2)12-17/h5-7,12,16,29H,4,8-11,13-14H2,1-3H3,(H,24,30,31)/t16-/m0/s1. The molecule has 0 aliphatic carbocycles. The lowest BCUT2D eigenvalue weighted by Crippen LogP contribution is -2.47. The minimum Gasteiger partial charge on any atom is -0.491 e. The van der Waals surface area contributed by atoms with E-state index in [2.05, 4.69) is 26.7 Å². The number of aromatic nitrogens is 4. The van der Waals surface area contributed by atoms with Gasteiger partial charge in [0.1, 0.15) is 18.5 Å². The second kappa shape index (κ2) is 9.17. The Bertz CT molecular complexity index is 1210. The number of likely N-dealkylation sites (N-methyl/N-ethyl adjacent to an activating group) is 1. The van der Waals surface area contributed by atoms with Gasteiger partial charge in [-0.05, 0) is 31.2 Å². The number of fused-ring (bicyclic) bond motifs is 1. The fraction of sp³-hybridized carbons (Fsp3) is 0.500. The van der Waals surface area contributed by atoms with Gasteiger partial charge in [-0.1, -0.05) is 19.1 Å². The highest BCUT2D eigenvalue weighted by Crippen LogP contribution is 2.22. The first-order valence-corrected chi connectivity index (χ1v) is 10.9. The van der Waals surface area contributed by atoms with Gasteiger partial charge in [-0.2, -0.15) is 4.98 Å². The summed E-state index contributed by atoms with van der Waals surface area (Å²) in [6.45, 7) is 8.53. The molecule has 1 aliphatic heterocycles. The molecular weight excluding hydrogens is 412 g/mol. The first-order valence-electron chi connectivity index (χ1n) is 10.9. The van der Waals surface area contributed by atoms with E-state index in [4.69, 9.17) is 4.74 Å². The Morgan fingerprint density at radius 1 is 1.22 bits per heavy atom. The van der Waals surface area contributed by atoms with Gasteiger partial charge in [0, 0.05) is 33.2 Å². The fourth-order valence-corrected chi connectivity index (χ4v) is 4.06. The second-order valence-corrected chi connectivity index (χ2v) is 8.22. The van der Waals surface area contributed by atoms with E-state index in [1.54, 1.807) is 11.6 Å². The van der Waals surface area contributed by atoms with E-state index in [1.807, 2.05) is 31.2 Å². The minimum atomic E-state index is -0.875. The summed E-state index contributed by atoms with van der Waals surface area (Å²) >= 11 is 0. The highest BCUT2D eigenvalue weighted by Gasteiger charge is 2.25. The number of hydrogen-bond acceptors (Lipinski definition) is 7. The summed E-state index contributed by atoms with van der Waals surface area (Å²) in [6, 6.07) is 7.61. The first-order chi connectivity index (χ1) is 15.4. The van der Waals surface area contributed by atoms with Crippen molar-refractivity contribution >= 4 is 17.1 Å². The van der Waals surface area contributed by atoms with E-state index in [9.17, 15) is 14.7 Å². The summed E-state index contributed by atoms with van der Waals surface area (Å²) in [4.78, 5) is 36.2. The summed E-state index contributed by atoms with van der Waals surface area (Å²) in [7, 11) is 1.58. The SMILES string of the molecule is CCN1CCN(c2nc3c(c(=O)[nH]c(=O)n3C)n2C[C@H](O)COc2cccc(C)c2)CC1. The molecule has 2 aromatic heterocycles. The van der Waals surface area contributed by atoms with Crippen LogP contribution in [-0.4, -0.2) is 74.5 Å². The Balaban J connectivity index is 1.64. The second-order valence-electron chi connectivity index (χ2n) is 8.22. The molecule has 0 spiro atoms. The van der Waals surface area contributed by atoms with Crippen molar-refractivity contribution in [3.05, 3.63) is 50.7 Å². The maximum absolute atomic E-state index is 12.7. The zero-order valence-electron chi connectivity index (χ0n) is 18.7. The third-order valence-corrected chi connectivity index (χ3v) is 5.91. The van der Waals surface area contributed by atoms with Crippen molar-refractivity contribution in [2.45, 2.75) is 26.5 Å². The Labute approximate surface area is 185 Å². The first kappa shape index (κ1) is 22.1. The van der Waals surface area contributed by atoms with Crippen LogP contribution in [-0.2, 0) is 13.6 Å². The van der Waals surface area contributed by atoms with Gasteiger partial charge < -0.3 is 24.2 Å². The molecule has 2 N–H and O–H groups in total. The number of aromatic amines is 1. The van der Waals surface area contributed by atoms with Gasteiger partial charge in [0.25, 0.3) is 5.56 Å². The topological polar surface area (TPSA) is 109 Å². The molecule has 172 valence electrons. The van der Waals surface area contributed by atoms with E-state index in [1.165, 1.54) is 4.57 Å². The van der Waals surface area contributed by atoms with Crippen LogP contribution in [0.1, 0.15) is 12.5 Å². The normalized spacial score (nSPS) is 15.9. The molecule has 10 nitrogen and oxygen atoms in total. The molecule has 1 aromatic carbocycles. The average Bonchev–Trinajstić information content (AvgIpc) is 3.16. The number of hydrogen-bond donors (Lipinski definition) is 2. The van der Waals surface area contributed by atoms with Gasteiger partial charge in [-0.25, -0.2) is 4.79 Å². The number of aryl methyl sites for hydroxylation is 2. The Morgan fingerprint density at radius 2 is 1.97 bits per heavy atom. The van der Waals surface area contributed by atoms with Crippen molar-refractivity contribution in [2.75, 3.05) is 44.2 Å². The van der Waals surface area contributed by atoms with Gasteiger partial charge in [-0.15, -0.1) is 0 Å². The van der Waals surface area contributed by atoms with Crippen molar-refractivity contribution in [3.8, 4) is 5.75 Å². The van der Waals surface area contributed by atoms with E-state index in [0.717, 1.165) is 38.3 Å². The van der Waals surface area contributed by atoms with Crippen LogP contribution in [0, 0.1) is 6.92 Å². The Kier molecular flexibility index (Phi) is 6.33. The third kappa shape index (κ3) is 4.42. The van der Waals surface area contributed by atoms with Crippen LogP contribution in [0.15, 0.2) is 33.9 Å². The summed E-state index contributed by atoms with van der Waals surface area (Å²) in [5.74, 6) is 1.26. The summed E-state index contributed by atoms with van der Waals surface area (Å²) in [6.07, 6.45) is -0.875. The van der Waals surface area contributed by atoms with Crippen LogP contribution in [0.4, 0.5) is 5.95 Å². The van der Waals surface area contributed by atoms with E-state index in [0.29, 0.717) is 17.3 Å². The highest BCUT2D eigenvalue weighted by atomic mass is 16.5. The molecule has 3 heterocycles. The predicted octanol–water partition coefficient (Wildman–Crippen LogP) is 0.314. The molecule has 0 saturated carbocycles. The van der Waals surface area contributed by atoms with Crippen LogP contribution in [0.25, 0.3) is 11.2 Å². The summed E-state index contributed by atoms with van der Waals surface area (Å²) < 4.78 is 8.79. The maximum Gasteiger partial charge on any atom is 0.329 e. The Morgan fingerprint density at radius 3 is 2.66 bits per heavy atom. The quantitative estimate of drug-likeness (QED) is 0.542. The van der Waals surface area contributed by atoms with Gasteiger partial charge in [-0.3, -0.25) is 14.3 Å². The number of piperazine rings is 1. The van der Waals surface area contributed by atoms with Crippen LogP contribution >= 0.6 is 0 Å². The zero-order valence-corrected chi connectivity index (χ0v) is 18.7. The average molecular weight is 443 g/mol. The molecular formula is C22H30N6O4. The Hall–Kier alpha value is -3.11. The molecule has 4 rings (SSSR count). The molecule has 0 unspecified atom stereocenters. The number of ether oxygens (including phenoxy) is 1. The molecule has 0 radical (unpaired) electrons. The van der Waals surface area contributed by atoms with Crippen molar-refractivity contribution in [1.82, 2.24) is 24.0 Å². The highest BCUT2D eigenvalue weighted by molar-refractivity contribution is 5.74. The predicted molar refractivity (Wildman–Crippen MR) is 123 cm³/mol. The molecule has 1 saturated heterocycles. The molecule has 10 heteroatoms. The van der Waals surface area contributed by atoms with Crippen molar-refractivity contribution in [2.24, 2.45) is 7.05 Å². The van der Waals surface area contributed by atoms with Gasteiger partial charge in [0.2, 0.25) is 5.95 Å². The minimum absolute atomic E-state index is 0.0653. The number of nitrogens with zero attached hydrogens (tertiary/aromatic N) is 5. The maximum atomic E-state index is 12.7. The number of H-pyrrole nitrogens is 1. The monoisotopic (exact) mass is 442 g/mol. The van der Waals surface area contributed by atoms with Crippen molar-refractivity contribution in [1.29, 1.82) is 0 Å². The number of benzene rings is 1. The number of nitrogens with one attached hydrogen (secondary N) is 1. The van der Waals surface area contributed by atoms with E-state index >= 15 is 0 Å². The lowest BCUT2D eigenvalue weighted by molar-refractivity contribution is 0.0935. The fourth-order valence-electron chi connectivity index (χ4n) is 4.06. The summed E-state index contributed by atoms with van der Waals surface area (Å²) in [5.41, 5.74) is 0.616. The molecule has 1 aliphatic rings.